The first-order valence-corrected chi connectivity index (χ1v) is 11.3. The van der Waals surface area contributed by atoms with Gasteiger partial charge in [0.2, 0.25) is 0 Å². The predicted octanol–water partition coefficient (Wildman–Crippen LogP) is 5.99. The lowest BCUT2D eigenvalue weighted by Crippen LogP contribution is -2.40. The molecule has 1 atom stereocenters. The first kappa shape index (κ1) is 27.3. The molecule has 0 aromatic carbocycles. The van der Waals surface area contributed by atoms with Crippen molar-refractivity contribution in [2.45, 2.75) is 75.7 Å². The standard InChI is InChI=1S/C19H25ClF6N2O3S/c1-17(2,3)28-15(29)14(20)13(8-27-28)32-10-12-6-4-11(5-7-12)9-30-18(22,23)16(21)31-19(24,25)26/h8,11-12,16H,4-7,9-10H2,1-3H3. The number of nitrogens with zero attached hydrogens (tertiary/aromatic N) is 2. The van der Waals surface area contributed by atoms with Crippen LogP contribution in [0.1, 0.15) is 46.5 Å². The summed E-state index contributed by atoms with van der Waals surface area (Å²) in [7, 11) is 0. The quantitative estimate of drug-likeness (QED) is 0.317. The fourth-order valence-electron chi connectivity index (χ4n) is 3.25. The summed E-state index contributed by atoms with van der Waals surface area (Å²) in [5.41, 5.74) is -0.894. The molecular formula is C19H25ClF6N2O3S. The number of hydrogen-bond donors (Lipinski definition) is 0. The van der Waals surface area contributed by atoms with Gasteiger partial charge in [-0.15, -0.1) is 24.9 Å². The highest BCUT2D eigenvalue weighted by Crippen LogP contribution is 2.36. The third-order valence-electron chi connectivity index (χ3n) is 4.98. The van der Waals surface area contributed by atoms with Crippen molar-refractivity contribution in [3.8, 4) is 0 Å². The Hall–Kier alpha value is -0.980. The van der Waals surface area contributed by atoms with Crippen molar-refractivity contribution >= 4 is 23.4 Å². The van der Waals surface area contributed by atoms with E-state index in [1.54, 1.807) is 0 Å². The molecule has 0 radical (unpaired) electrons. The summed E-state index contributed by atoms with van der Waals surface area (Å²) >= 11 is 7.59. The third kappa shape index (κ3) is 7.81. The second-order valence-corrected chi connectivity index (χ2v) is 10.1. The third-order valence-corrected chi connectivity index (χ3v) is 6.71. The molecule has 1 saturated carbocycles. The van der Waals surface area contributed by atoms with Crippen LogP contribution in [0.5, 0.6) is 0 Å². The maximum atomic E-state index is 13.4. The van der Waals surface area contributed by atoms with Gasteiger partial charge >= 0.3 is 12.5 Å². The van der Waals surface area contributed by atoms with E-state index in [-0.39, 0.29) is 22.4 Å². The zero-order valence-electron chi connectivity index (χ0n) is 17.7. The molecule has 0 saturated heterocycles. The van der Waals surface area contributed by atoms with Crippen LogP contribution in [0.15, 0.2) is 15.9 Å². The highest BCUT2D eigenvalue weighted by atomic mass is 35.5. The maximum absolute atomic E-state index is 13.4. The first-order chi connectivity index (χ1) is 14.6. The van der Waals surface area contributed by atoms with E-state index in [9.17, 15) is 31.1 Å². The zero-order chi connectivity index (χ0) is 24.3. The second kappa shape index (κ2) is 10.5. The van der Waals surface area contributed by atoms with Crippen molar-refractivity contribution in [1.29, 1.82) is 0 Å². The highest BCUT2D eigenvalue weighted by Gasteiger charge is 2.49. The predicted molar refractivity (Wildman–Crippen MR) is 108 cm³/mol. The molecule has 2 rings (SSSR count). The molecule has 13 heteroatoms. The number of alkyl halides is 6. The van der Waals surface area contributed by atoms with Gasteiger partial charge < -0.3 is 4.74 Å². The van der Waals surface area contributed by atoms with E-state index in [1.807, 2.05) is 20.8 Å². The van der Waals surface area contributed by atoms with Gasteiger partial charge in [0.1, 0.15) is 5.02 Å². The Morgan fingerprint density at radius 1 is 1.16 bits per heavy atom. The van der Waals surface area contributed by atoms with Gasteiger partial charge in [0.25, 0.3) is 11.9 Å². The average molecular weight is 511 g/mol. The lowest BCUT2D eigenvalue weighted by atomic mass is 9.83. The van der Waals surface area contributed by atoms with E-state index in [4.69, 9.17) is 11.6 Å². The van der Waals surface area contributed by atoms with Crippen LogP contribution in [0.2, 0.25) is 5.02 Å². The van der Waals surface area contributed by atoms with E-state index in [1.165, 1.54) is 22.6 Å². The molecule has 1 aromatic rings. The summed E-state index contributed by atoms with van der Waals surface area (Å²) in [4.78, 5) is 12.9. The Balaban J connectivity index is 1.80. The summed E-state index contributed by atoms with van der Waals surface area (Å²) in [6.07, 6.45) is -10.3. The minimum absolute atomic E-state index is 0.0890. The molecule has 0 amide bonds. The summed E-state index contributed by atoms with van der Waals surface area (Å²) in [6, 6.07) is 0. The fourth-order valence-corrected chi connectivity index (χ4v) is 4.63. The molecule has 0 aliphatic heterocycles. The molecule has 0 spiro atoms. The molecule has 1 aliphatic rings. The molecule has 0 N–H and O–H groups in total. The van der Waals surface area contributed by atoms with Crippen molar-refractivity contribution < 1.29 is 35.8 Å². The lowest BCUT2D eigenvalue weighted by molar-refractivity contribution is -0.424. The molecule has 32 heavy (non-hydrogen) atoms. The van der Waals surface area contributed by atoms with Gasteiger partial charge in [-0.3, -0.25) is 4.79 Å². The van der Waals surface area contributed by atoms with Gasteiger partial charge in [-0.1, -0.05) is 11.6 Å². The molecule has 184 valence electrons. The van der Waals surface area contributed by atoms with Gasteiger partial charge in [0, 0.05) is 5.75 Å². The Bertz CT molecular complexity index is 823. The molecular weight excluding hydrogens is 486 g/mol. The Morgan fingerprint density at radius 2 is 1.72 bits per heavy atom. The van der Waals surface area contributed by atoms with E-state index in [2.05, 4.69) is 14.6 Å². The normalized spacial score (nSPS) is 21.6. The van der Waals surface area contributed by atoms with Crippen LogP contribution in [0.25, 0.3) is 0 Å². The van der Waals surface area contributed by atoms with Gasteiger partial charge in [0.15, 0.2) is 0 Å². The van der Waals surface area contributed by atoms with Crippen LogP contribution >= 0.6 is 23.4 Å². The topological polar surface area (TPSA) is 53.4 Å². The van der Waals surface area contributed by atoms with Crippen LogP contribution in [0.4, 0.5) is 26.3 Å². The first-order valence-electron chi connectivity index (χ1n) is 9.91. The largest absolute Gasteiger partial charge is 0.525 e. The Morgan fingerprint density at radius 3 is 2.25 bits per heavy atom. The molecule has 1 aromatic heterocycles. The van der Waals surface area contributed by atoms with Gasteiger partial charge in [0.05, 0.1) is 23.2 Å². The van der Waals surface area contributed by atoms with Crippen LogP contribution in [-0.4, -0.2) is 41.0 Å². The molecule has 5 nitrogen and oxygen atoms in total. The van der Waals surface area contributed by atoms with Crippen molar-refractivity contribution in [1.82, 2.24) is 9.78 Å². The van der Waals surface area contributed by atoms with Crippen molar-refractivity contribution in [3.05, 3.63) is 21.6 Å². The van der Waals surface area contributed by atoms with E-state index in [0.717, 1.165) is 0 Å². The minimum atomic E-state index is -5.53. The molecule has 1 aliphatic carbocycles. The molecule has 1 unspecified atom stereocenters. The van der Waals surface area contributed by atoms with E-state index in [0.29, 0.717) is 36.3 Å². The smallest absolute Gasteiger partial charge is 0.316 e. The van der Waals surface area contributed by atoms with E-state index >= 15 is 0 Å². The average Bonchev–Trinajstić information content (AvgIpc) is 2.66. The van der Waals surface area contributed by atoms with Crippen molar-refractivity contribution in [2.75, 3.05) is 12.4 Å². The maximum Gasteiger partial charge on any atom is 0.525 e. The summed E-state index contributed by atoms with van der Waals surface area (Å²) < 4.78 is 83.6. The minimum Gasteiger partial charge on any atom is -0.316 e. The van der Waals surface area contributed by atoms with Crippen LogP contribution in [0.3, 0.4) is 0 Å². The second-order valence-electron chi connectivity index (χ2n) is 8.66. The lowest BCUT2D eigenvalue weighted by Gasteiger charge is -2.30. The van der Waals surface area contributed by atoms with Crippen molar-refractivity contribution in [3.63, 3.8) is 0 Å². The summed E-state index contributed by atoms with van der Waals surface area (Å²) in [6.45, 7) is 4.92. The Labute approximate surface area is 190 Å². The van der Waals surface area contributed by atoms with Crippen LogP contribution in [0, 0.1) is 11.8 Å². The van der Waals surface area contributed by atoms with Gasteiger partial charge in [-0.2, -0.15) is 13.9 Å². The Kier molecular flexibility index (Phi) is 8.96. The summed E-state index contributed by atoms with van der Waals surface area (Å²) in [5, 5.41) is 4.26. The molecule has 1 heterocycles. The van der Waals surface area contributed by atoms with Crippen LogP contribution < -0.4 is 5.56 Å². The van der Waals surface area contributed by atoms with Gasteiger partial charge in [-0.05, 0) is 58.3 Å². The molecule has 0 bridgehead atoms. The monoisotopic (exact) mass is 510 g/mol. The van der Waals surface area contributed by atoms with Crippen LogP contribution in [-0.2, 0) is 15.0 Å². The SMILES string of the molecule is CC(C)(C)n1ncc(SCC2CCC(COC(F)(F)C(F)OC(F)(F)F)CC2)c(Cl)c1=O. The number of ether oxygens (including phenoxy) is 2. The van der Waals surface area contributed by atoms with E-state index < -0.39 is 31.0 Å². The highest BCUT2D eigenvalue weighted by molar-refractivity contribution is 7.99. The number of thioether (sulfide) groups is 1. The number of halogens is 7. The number of rotatable bonds is 8. The summed E-state index contributed by atoms with van der Waals surface area (Å²) in [5.74, 6) is 0.525. The zero-order valence-corrected chi connectivity index (χ0v) is 19.3. The molecule has 1 fully saturated rings. The van der Waals surface area contributed by atoms with Crippen molar-refractivity contribution in [2.24, 2.45) is 11.8 Å². The van der Waals surface area contributed by atoms with Gasteiger partial charge in [-0.25, -0.2) is 13.8 Å². The fraction of sp³-hybridized carbons (Fsp3) is 0.789. The number of aromatic nitrogens is 2. The number of hydrogen-bond acceptors (Lipinski definition) is 5.